The molecule has 1 aromatic rings. The number of hydrogen-bond acceptors (Lipinski definition) is 3. The first-order valence-electron chi connectivity index (χ1n) is 6.47. The van der Waals surface area contributed by atoms with Crippen LogP contribution in [0.25, 0.3) is 0 Å². The van der Waals surface area contributed by atoms with Gasteiger partial charge >= 0.3 is 6.18 Å². The molecule has 0 bridgehead atoms. The number of aliphatic hydroxyl groups is 2. The van der Waals surface area contributed by atoms with Crippen LogP contribution in [0.5, 0.6) is 5.75 Å². The van der Waals surface area contributed by atoms with Crippen LogP contribution in [-0.4, -0.2) is 30.0 Å². The Balaban J connectivity index is 2.94. The second-order valence-corrected chi connectivity index (χ2v) is 4.52. The molecule has 0 radical (unpaired) electrons. The van der Waals surface area contributed by atoms with E-state index in [0.29, 0.717) is 30.8 Å². The standard InChI is InChI=1S/C14H19F3O3/c1-2-20-13-6-5-12(14(15,16)17)7-11(13)4-3-10(8-18)9-19/h5-7,10,18-19H,2-4,8-9H2,1H3. The normalized spacial score (nSPS) is 11.9. The van der Waals surface area contributed by atoms with Gasteiger partial charge in [-0.05, 0) is 43.5 Å². The quantitative estimate of drug-likeness (QED) is 0.812. The number of rotatable bonds is 7. The molecule has 20 heavy (non-hydrogen) atoms. The van der Waals surface area contributed by atoms with E-state index >= 15 is 0 Å². The highest BCUT2D eigenvalue weighted by molar-refractivity contribution is 5.38. The second kappa shape index (κ2) is 7.50. The SMILES string of the molecule is CCOc1ccc(C(F)(F)F)cc1CCC(CO)CO. The maximum Gasteiger partial charge on any atom is 0.416 e. The average molecular weight is 292 g/mol. The van der Waals surface area contributed by atoms with Crippen molar-refractivity contribution in [2.24, 2.45) is 5.92 Å². The first kappa shape index (κ1) is 16.8. The molecule has 0 spiro atoms. The van der Waals surface area contributed by atoms with Crippen LogP contribution in [0.4, 0.5) is 13.2 Å². The molecule has 1 aromatic carbocycles. The van der Waals surface area contributed by atoms with Gasteiger partial charge in [-0.15, -0.1) is 0 Å². The Morgan fingerprint density at radius 2 is 1.85 bits per heavy atom. The van der Waals surface area contributed by atoms with Crippen LogP contribution in [0.15, 0.2) is 18.2 Å². The van der Waals surface area contributed by atoms with Crippen molar-refractivity contribution in [3.8, 4) is 5.75 Å². The molecule has 1 rings (SSSR count). The molecule has 0 unspecified atom stereocenters. The van der Waals surface area contributed by atoms with Gasteiger partial charge in [0.05, 0.1) is 12.2 Å². The lowest BCUT2D eigenvalue weighted by Crippen LogP contribution is -2.13. The third-order valence-corrected chi connectivity index (χ3v) is 3.03. The first-order chi connectivity index (χ1) is 9.42. The molecular formula is C14H19F3O3. The molecule has 2 N–H and O–H groups in total. The van der Waals surface area contributed by atoms with Crippen molar-refractivity contribution < 1.29 is 28.1 Å². The Kier molecular flexibility index (Phi) is 6.29. The zero-order valence-electron chi connectivity index (χ0n) is 11.3. The van der Waals surface area contributed by atoms with E-state index in [-0.39, 0.29) is 19.1 Å². The number of hydrogen-bond donors (Lipinski definition) is 2. The summed E-state index contributed by atoms with van der Waals surface area (Å²) in [5, 5.41) is 18.0. The molecule has 0 aliphatic rings. The van der Waals surface area contributed by atoms with E-state index in [1.807, 2.05) is 0 Å². The molecule has 0 fully saturated rings. The zero-order valence-corrected chi connectivity index (χ0v) is 11.3. The maximum atomic E-state index is 12.7. The monoisotopic (exact) mass is 292 g/mol. The van der Waals surface area contributed by atoms with E-state index in [1.165, 1.54) is 6.07 Å². The molecule has 6 heteroatoms. The molecular weight excluding hydrogens is 273 g/mol. The molecule has 114 valence electrons. The number of alkyl halides is 3. The summed E-state index contributed by atoms with van der Waals surface area (Å²) < 4.78 is 43.4. The second-order valence-electron chi connectivity index (χ2n) is 4.52. The van der Waals surface area contributed by atoms with Gasteiger partial charge in [0.2, 0.25) is 0 Å². The Morgan fingerprint density at radius 1 is 1.20 bits per heavy atom. The lowest BCUT2D eigenvalue weighted by Gasteiger charge is -2.16. The van der Waals surface area contributed by atoms with Crippen LogP contribution in [0.3, 0.4) is 0 Å². The van der Waals surface area contributed by atoms with E-state index in [1.54, 1.807) is 6.92 Å². The highest BCUT2D eigenvalue weighted by atomic mass is 19.4. The van der Waals surface area contributed by atoms with Gasteiger partial charge in [-0.1, -0.05) is 0 Å². The van der Waals surface area contributed by atoms with Crippen molar-refractivity contribution in [1.29, 1.82) is 0 Å². The van der Waals surface area contributed by atoms with Crippen LogP contribution in [0, 0.1) is 5.92 Å². The van der Waals surface area contributed by atoms with Crippen molar-refractivity contribution in [1.82, 2.24) is 0 Å². The zero-order chi connectivity index (χ0) is 15.2. The summed E-state index contributed by atoms with van der Waals surface area (Å²) in [6.07, 6.45) is -3.69. The van der Waals surface area contributed by atoms with Gasteiger partial charge in [-0.25, -0.2) is 0 Å². The van der Waals surface area contributed by atoms with Gasteiger partial charge in [-0.2, -0.15) is 13.2 Å². The van der Waals surface area contributed by atoms with E-state index in [0.717, 1.165) is 12.1 Å². The molecule has 0 aliphatic carbocycles. The van der Waals surface area contributed by atoms with Gasteiger partial charge in [0.25, 0.3) is 0 Å². The van der Waals surface area contributed by atoms with Crippen molar-refractivity contribution in [2.75, 3.05) is 19.8 Å². The fourth-order valence-electron chi connectivity index (χ4n) is 1.85. The van der Waals surface area contributed by atoms with Gasteiger partial charge in [0, 0.05) is 19.1 Å². The molecule has 0 atom stereocenters. The molecule has 0 amide bonds. The minimum absolute atomic E-state index is 0.195. The summed E-state index contributed by atoms with van der Waals surface area (Å²) in [4.78, 5) is 0. The minimum atomic E-state index is -4.40. The lowest BCUT2D eigenvalue weighted by atomic mass is 9.98. The van der Waals surface area contributed by atoms with Crippen LogP contribution in [0.1, 0.15) is 24.5 Å². The Bertz CT molecular complexity index is 415. The Hall–Kier alpha value is -1.27. The minimum Gasteiger partial charge on any atom is -0.494 e. The highest BCUT2D eigenvalue weighted by Crippen LogP contribution is 2.33. The first-order valence-corrected chi connectivity index (χ1v) is 6.47. The molecule has 3 nitrogen and oxygen atoms in total. The fraction of sp³-hybridized carbons (Fsp3) is 0.571. The van der Waals surface area contributed by atoms with Crippen LogP contribution >= 0.6 is 0 Å². The summed E-state index contributed by atoms with van der Waals surface area (Å²) in [5.74, 6) is 0.0779. The highest BCUT2D eigenvalue weighted by Gasteiger charge is 2.31. The third-order valence-electron chi connectivity index (χ3n) is 3.03. The molecule has 0 saturated carbocycles. The summed E-state index contributed by atoms with van der Waals surface area (Å²) in [6.45, 7) is 1.73. The van der Waals surface area contributed by atoms with Gasteiger partial charge in [0.15, 0.2) is 0 Å². The number of aliphatic hydroxyl groups excluding tert-OH is 2. The third kappa shape index (κ3) is 4.68. The van der Waals surface area contributed by atoms with Crippen molar-refractivity contribution in [2.45, 2.75) is 25.9 Å². The molecule has 0 aliphatic heterocycles. The van der Waals surface area contributed by atoms with Gasteiger partial charge in [-0.3, -0.25) is 0 Å². The lowest BCUT2D eigenvalue weighted by molar-refractivity contribution is -0.137. The van der Waals surface area contributed by atoms with Crippen molar-refractivity contribution in [3.63, 3.8) is 0 Å². The fourth-order valence-corrected chi connectivity index (χ4v) is 1.85. The topological polar surface area (TPSA) is 49.7 Å². The predicted octanol–water partition coefficient (Wildman–Crippen LogP) is 2.64. The number of halogens is 3. The van der Waals surface area contributed by atoms with Crippen LogP contribution in [0.2, 0.25) is 0 Å². The number of ether oxygens (including phenoxy) is 1. The Morgan fingerprint density at radius 3 is 2.35 bits per heavy atom. The van der Waals surface area contributed by atoms with Crippen molar-refractivity contribution in [3.05, 3.63) is 29.3 Å². The number of benzene rings is 1. The van der Waals surface area contributed by atoms with Crippen LogP contribution in [-0.2, 0) is 12.6 Å². The van der Waals surface area contributed by atoms with Gasteiger partial charge < -0.3 is 14.9 Å². The predicted molar refractivity (Wildman–Crippen MR) is 68.6 cm³/mol. The molecule has 0 saturated heterocycles. The summed E-state index contributed by atoms with van der Waals surface area (Å²) in [6, 6.07) is 3.37. The summed E-state index contributed by atoms with van der Waals surface area (Å²) in [7, 11) is 0. The Labute approximate surface area is 116 Å². The van der Waals surface area contributed by atoms with E-state index < -0.39 is 11.7 Å². The summed E-state index contributed by atoms with van der Waals surface area (Å²) >= 11 is 0. The summed E-state index contributed by atoms with van der Waals surface area (Å²) in [5.41, 5.74) is -0.283. The van der Waals surface area contributed by atoms with Crippen LogP contribution < -0.4 is 4.74 Å². The molecule has 0 heterocycles. The van der Waals surface area contributed by atoms with E-state index in [9.17, 15) is 13.2 Å². The smallest absolute Gasteiger partial charge is 0.416 e. The number of aryl methyl sites for hydroxylation is 1. The van der Waals surface area contributed by atoms with Crippen molar-refractivity contribution >= 4 is 0 Å². The average Bonchev–Trinajstić information content (AvgIpc) is 2.40. The maximum absolute atomic E-state index is 12.7. The van der Waals surface area contributed by atoms with E-state index in [4.69, 9.17) is 14.9 Å². The van der Waals surface area contributed by atoms with Gasteiger partial charge in [0.1, 0.15) is 5.75 Å². The van der Waals surface area contributed by atoms with E-state index in [2.05, 4.69) is 0 Å². The largest absolute Gasteiger partial charge is 0.494 e. The molecule has 0 aromatic heterocycles.